The molecule has 0 amide bonds. The van der Waals surface area contributed by atoms with Gasteiger partial charge in [0.05, 0.1) is 24.2 Å². The Balaban J connectivity index is 1.40. The summed E-state index contributed by atoms with van der Waals surface area (Å²) < 4.78 is 16.8. The summed E-state index contributed by atoms with van der Waals surface area (Å²) in [5.41, 5.74) is 0.470. The summed E-state index contributed by atoms with van der Waals surface area (Å²) in [5, 5.41) is 21.1. The quantitative estimate of drug-likeness (QED) is 0.452. The SMILES string of the molecule is COc1cc(C#N)c(O[C@H]2CC[C@@](C)(C(=O)OCc3cccc4ccccc34)CC2)cc1C(=O)O. The third-order valence-corrected chi connectivity index (χ3v) is 6.71. The summed E-state index contributed by atoms with van der Waals surface area (Å²) in [6.45, 7) is 2.12. The number of nitrogens with zero attached hydrogens (tertiary/aromatic N) is 1. The summed E-state index contributed by atoms with van der Waals surface area (Å²) in [6, 6.07) is 18.7. The third-order valence-electron chi connectivity index (χ3n) is 6.71. The van der Waals surface area contributed by atoms with Crippen molar-refractivity contribution in [2.45, 2.75) is 45.3 Å². The molecule has 0 bridgehead atoms. The van der Waals surface area contributed by atoms with Crippen molar-refractivity contribution in [3.8, 4) is 17.6 Å². The van der Waals surface area contributed by atoms with Gasteiger partial charge in [-0.2, -0.15) is 5.26 Å². The van der Waals surface area contributed by atoms with E-state index in [4.69, 9.17) is 14.2 Å². The number of carbonyl (C=O) groups excluding carboxylic acids is 1. The molecule has 4 rings (SSSR count). The number of aromatic carboxylic acids is 1. The highest BCUT2D eigenvalue weighted by molar-refractivity contribution is 5.92. The Hall–Kier alpha value is -4.05. The van der Waals surface area contributed by atoms with Crippen LogP contribution < -0.4 is 9.47 Å². The molecule has 0 radical (unpaired) electrons. The van der Waals surface area contributed by atoms with Crippen molar-refractivity contribution in [2.75, 3.05) is 7.11 Å². The van der Waals surface area contributed by atoms with Crippen LogP contribution in [0.3, 0.4) is 0 Å². The van der Waals surface area contributed by atoms with Gasteiger partial charge in [-0.15, -0.1) is 0 Å². The number of hydrogen-bond acceptors (Lipinski definition) is 6. The van der Waals surface area contributed by atoms with E-state index in [9.17, 15) is 20.0 Å². The number of esters is 1. The molecule has 0 saturated heterocycles. The zero-order valence-corrected chi connectivity index (χ0v) is 19.7. The van der Waals surface area contributed by atoms with Gasteiger partial charge in [-0.25, -0.2) is 4.79 Å². The predicted octanol–water partition coefficient (Wildman–Crippen LogP) is 5.49. The summed E-state index contributed by atoms with van der Waals surface area (Å²) in [6.07, 6.45) is 2.06. The van der Waals surface area contributed by atoms with Crippen LogP contribution in [0.2, 0.25) is 0 Å². The molecule has 180 valence electrons. The Kier molecular flexibility index (Phi) is 6.92. The van der Waals surface area contributed by atoms with Crippen LogP contribution in [0, 0.1) is 16.7 Å². The summed E-state index contributed by atoms with van der Waals surface area (Å²) >= 11 is 0. The number of carboxylic acid groups (broad SMARTS) is 1. The lowest BCUT2D eigenvalue weighted by molar-refractivity contribution is -0.159. The number of ether oxygens (including phenoxy) is 3. The molecule has 7 heteroatoms. The molecule has 0 spiro atoms. The fraction of sp³-hybridized carbons (Fsp3) is 0.321. The number of hydrogen-bond donors (Lipinski definition) is 1. The highest BCUT2D eigenvalue weighted by Gasteiger charge is 2.40. The first-order chi connectivity index (χ1) is 16.8. The predicted molar refractivity (Wildman–Crippen MR) is 129 cm³/mol. The van der Waals surface area contributed by atoms with Crippen LogP contribution in [0.25, 0.3) is 10.8 Å². The van der Waals surface area contributed by atoms with Crippen molar-refractivity contribution in [2.24, 2.45) is 5.41 Å². The van der Waals surface area contributed by atoms with Crippen molar-refractivity contribution < 1.29 is 28.9 Å². The fourth-order valence-electron chi connectivity index (χ4n) is 4.55. The highest BCUT2D eigenvalue weighted by atomic mass is 16.5. The van der Waals surface area contributed by atoms with Crippen molar-refractivity contribution >= 4 is 22.7 Å². The second-order valence-electron chi connectivity index (χ2n) is 9.06. The molecule has 0 unspecified atom stereocenters. The molecule has 0 aliphatic heterocycles. The van der Waals surface area contributed by atoms with Crippen LogP contribution in [0.4, 0.5) is 0 Å². The summed E-state index contributed by atoms with van der Waals surface area (Å²) in [7, 11) is 1.35. The molecular formula is C28H27NO6. The zero-order valence-electron chi connectivity index (χ0n) is 19.7. The molecule has 0 aromatic heterocycles. The van der Waals surface area contributed by atoms with Crippen LogP contribution in [-0.4, -0.2) is 30.3 Å². The van der Waals surface area contributed by atoms with Gasteiger partial charge in [-0.05, 0) is 55.0 Å². The number of rotatable bonds is 7. The number of fused-ring (bicyclic) bond motifs is 1. The Morgan fingerprint density at radius 3 is 2.49 bits per heavy atom. The van der Waals surface area contributed by atoms with Gasteiger partial charge in [0.25, 0.3) is 0 Å². The number of carbonyl (C=O) groups is 2. The van der Waals surface area contributed by atoms with Gasteiger partial charge in [0.2, 0.25) is 0 Å². The number of carboxylic acids is 1. The lowest BCUT2D eigenvalue weighted by Crippen LogP contribution is -2.37. The van der Waals surface area contributed by atoms with Gasteiger partial charge in [0.15, 0.2) is 0 Å². The Bertz CT molecular complexity index is 1300. The molecule has 35 heavy (non-hydrogen) atoms. The van der Waals surface area contributed by atoms with Gasteiger partial charge in [0, 0.05) is 6.07 Å². The van der Waals surface area contributed by atoms with E-state index in [0.29, 0.717) is 25.7 Å². The second kappa shape index (κ2) is 10.1. The molecule has 3 aromatic carbocycles. The second-order valence-corrected chi connectivity index (χ2v) is 9.06. The fourth-order valence-corrected chi connectivity index (χ4v) is 4.55. The first-order valence-electron chi connectivity index (χ1n) is 11.5. The Morgan fingerprint density at radius 1 is 1.09 bits per heavy atom. The lowest BCUT2D eigenvalue weighted by atomic mass is 9.74. The molecule has 1 N–H and O–H groups in total. The minimum Gasteiger partial charge on any atom is -0.496 e. The monoisotopic (exact) mass is 473 g/mol. The van der Waals surface area contributed by atoms with Crippen LogP contribution in [0.5, 0.6) is 11.5 Å². The minimum absolute atomic E-state index is 0.0702. The maximum Gasteiger partial charge on any atom is 0.339 e. The van der Waals surface area contributed by atoms with Crippen molar-refractivity contribution in [3.63, 3.8) is 0 Å². The van der Waals surface area contributed by atoms with Gasteiger partial charge in [-0.1, -0.05) is 42.5 Å². The molecule has 1 aliphatic carbocycles. The van der Waals surface area contributed by atoms with Crippen LogP contribution >= 0.6 is 0 Å². The topological polar surface area (TPSA) is 106 Å². The maximum atomic E-state index is 13.0. The normalized spacial score (nSPS) is 19.5. The zero-order chi connectivity index (χ0) is 25.0. The van der Waals surface area contributed by atoms with Crippen molar-refractivity contribution in [1.29, 1.82) is 5.26 Å². The number of benzene rings is 3. The van der Waals surface area contributed by atoms with Gasteiger partial charge in [0.1, 0.15) is 29.7 Å². The molecule has 1 aliphatic rings. The van der Waals surface area contributed by atoms with E-state index in [0.717, 1.165) is 16.3 Å². The number of methoxy groups -OCH3 is 1. The Labute approximate surface area is 203 Å². The Morgan fingerprint density at radius 2 is 1.80 bits per heavy atom. The van der Waals surface area contributed by atoms with E-state index in [2.05, 4.69) is 0 Å². The molecule has 0 atom stereocenters. The van der Waals surface area contributed by atoms with E-state index in [1.165, 1.54) is 19.2 Å². The lowest BCUT2D eigenvalue weighted by Gasteiger charge is -2.35. The van der Waals surface area contributed by atoms with E-state index in [1.807, 2.05) is 55.5 Å². The molecule has 1 fully saturated rings. The van der Waals surface area contributed by atoms with Crippen LogP contribution in [-0.2, 0) is 16.1 Å². The van der Waals surface area contributed by atoms with Crippen molar-refractivity contribution in [1.82, 2.24) is 0 Å². The van der Waals surface area contributed by atoms with Gasteiger partial charge in [-0.3, -0.25) is 4.79 Å². The van der Waals surface area contributed by atoms with E-state index >= 15 is 0 Å². The smallest absolute Gasteiger partial charge is 0.339 e. The highest BCUT2D eigenvalue weighted by Crippen LogP contribution is 2.40. The van der Waals surface area contributed by atoms with E-state index in [1.54, 1.807) is 0 Å². The summed E-state index contributed by atoms with van der Waals surface area (Å²) in [4.78, 5) is 24.6. The molecular weight excluding hydrogens is 446 g/mol. The average molecular weight is 474 g/mol. The van der Waals surface area contributed by atoms with Crippen LogP contribution in [0.1, 0.15) is 54.1 Å². The molecule has 7 nitrogen and oxygen atoms in total. The average Bonchev–Trinajstić information content (AvgIpc) is 2.88. The first-order valence-corrected chi connectivity index (χ1v) is 11.5. The maximum absolute atomic E-state index is 13.0. The summed E-state index contributed by atoms with van der Waals surface area (Å²) in [5.74, 6) is -1.09. The van der Waals surface area contributed by atoms with Gasteiger partial charge >= 0.3 is 11.9 Å². The largest absolute Gasteiger partial charge is 0.496 e. The van der Waals surface area contributed by atoms with Crippen molar-refractivity contribution in [3.05, 3.63) is 71.3 Å². The minimum atomic E-state index is -1.17. The van der Waals surface area contributed by atoms with E-state index < -0.39 is 11.4 Å². The standard InChI is InChI=1S/C28H27NO6/c1-28(27(32)34-17-19-8-5-7-18-6-3-4-9-22(18)19)12-10-21(11-13-28)35-24-15-23(26(30)31)25(33-2)14-20(24)16-29/h3-9,14-15,21H,10-13,17H2,1-2H3,(H,30,31)/t21-,28+. The molecule has 3 aromatic rings. The van der Waals surface area contributed by atoms with Crippen LogP contribution in [0.15, 0.2) is 54.6 Å². The molecule has 1 saturated carbocycles. The van der Waals surface area contributed by atoms with Gasteiger partial charge < -0.3 is 19.3 Å². The number of nitriles is 1. The molecule has 0 heterocycles. The third kappa shape index (κ3) is 5.07. The first kappa shape index (κ1) is 24.1. The van der Waals surface area contributed by atoms with E-state index in [-0.39, 0.29) is 41.3 Å².